The minimum absolute atomic E-state index is 0.184. The second-order valence-corrected chi connectivity index (χ2v) is 7.00. The van der Waals surface area contributed by atoms with Gasteiger partial charge >= 0.3 is 5.97 Å². The zero-order valence-corrected chi connectivity index (χ0v) is 15.8. The van der Waals surface area contributed by atoms with Crippen LogP contribution in [0.5, 0.6) is 0 Å². The van der Waals surface area contributed by atoms with Gasteiger partial charge in [0.2, 0.25) is 5.91 Å². The predicted octanol–water partition coefficient (Wildman–Crippen LogP) is 3.27. The third-order valence-corrected chi connectivity index (χ3v) is 4.85. The van der Waals surface area contributed by atoms with Crippen LogP contribution in [0, 0.1) is 12.8 Å². The molecule has 1 aromatic heterocycles. The molecule has 0 aliphatic carbocycles. The zero-order valence-electron chi connectivity index (χ0n) is 15.0. The third kappa shape index (κ3) is 4.20. The summed E-state index contributed by atoms with van der Waals surface area (Å²) in [5.41, 5.74) is 7.40. The lowest BCUT2D eigenvalue weighted by atomic mass is 10.1. The molecule has 0 bridgehead atoms. The van der Waals surface area contributed by atoms with Crippen LogP contribution < -0.4 is 16.4 Å². The van der Waals surface area contributed by atoms with E-state index in [-0.39, 0.29) is 17.4 Å². The zero-order chi connectivity index (χ0) is 19.4. The van der Waals surface area contributed by atoms with E-state index in [4.69, 9.17) is 10.5 Å². The molecule has 138 valence electrons. The summed E-state index contributed by atoms with van der Waals surface area (Å²) in [6.45, 7) is 5.12. The molecule has 1 heterocycles. The minimum atomic E-state index is -0.610. The Hall–Kier alpha value is -2.87. The Morgan fingerprint density at radius 2 is 1.88 bits per heavy atom. The van der Waals surface area contributed by atoms with Crippen molar-refractivity contribution >= 4 is 45.5 Å². The molecule has 0 fully saturated rings. The Kier molecular flexibility index (Phi) is 5.99. The van der Waals surface area contributed by atoms with E-state index in [2.05, 4.69) is 10.6 Å². The van der Waals surface area contributed by atoms with Crippen molar-refractivity contribution in [1.82, 2.24) is 0 Å². The summed E-state index contributed by atoms with van der Waals surface area (Å²) in [4.78, 5) is 37.1. The lowest BCUT2D eigenvalue weighted by Crippen LogP contribution is -2.19. The van der Waals surface area contributed by atoms with Crippen LogP contribution >= 0.6 is 11.3 Å². The first-order valence-electron chi connectivity index (χ1n) is 7.94. The molecule has 0 unspecified atom stereocenters. The number of nitrogens with two attached hydrogens (primary N) is 1. The molecule has 0 atom stereocenters. The molecule has 1 aromatic carbocycles. The van der Waals surface area contributed by atoms with Crippen molar-refractivity contribution in [3.05, 3.63) is 40.3 Å². The highest BCUT2D eigenvalue weighted by atomic mass is 32.1. The van der Waals surface area contributed by atoms with Gasteiger partial charge in [-0.15, -0.1) is 11.3 Å². The Balaban J connectivity index is 2.39. The number of hydrogen-bond donors (Lipinski definition) is 3. The molecule has 0 aliphatic rings. The molecule has 7 nitrogen and oxygen atoms in total. The molecule has 2 aromatic rings. The summed E-state index contributed by atoms with van der Waals surface area (Å²) >= 11 is 1.03. The van der Waals surface area contributed by atoms with Gasteiger partial charge < -0.3 is 21.1 Å². The van der Waals surface area contributed by atoms with Gasteiger partial charge in [0.1, 0.15) is 5.00 Å². The summed E-state index contributed by atoms with van der Waals surface area (Å²) in [6, 6.07) is 6.77. The van der Waals surface area contributed by atoms with Crippen LogP contribution in [0.1, 0.15) is 39.4 Å². The van der Waals surface area contributed by atoms with Crippen LogP contribution in [-0.2, 0) is 9.53 Å². The van der Waals surface area contributed by atoms with Gasteiger partial charge in [0.15, 0.2) is 0 Å². The molecule has 2 rings (SSSR count). The monoisotopic (exact) mass is 375 g/mol. The van der Waals surface area contributed by atoms with Crippen LogP contribution in [0.15, 0.2) is 24.3 Å². The Bertz CT molecular complexity index is 858. The highest BCUT2D eigenvalue weighted by Gasteiger charge is 2.26. The van der Waals surface area contributed by atoms with Crippen molar-refractivity contribution in [2.24, 2.45) is 5.92 Å². The number of hydrogen-bond acceptors (Lipinski definition) is 6. The summed E-state index contributed by atoms with van der Waals surface area (Å²) in [7, 11) is 1.25. The summed E-state index contributed by atoms with van der Waals surface area (Å²) in [6.07, 6.45) is 0. The van der Waals surface area contributed by atoms with E-state index in [1.165, 1.54) is 7.11 Å². The second kappa shape index (κ2) is 8.01. The normalized spacial score (nSPS) is 10.5. The first-order valence-corrected chi connectivity index (χ1v) is 8.75. The quantitative estimate of drug-likeness (QED) is 0.549. The third-order valence-electron chi connectivity index (χ3n) is 3.65. The van der Waals surface area contributed by atoms with Gasteiger partial charge in [0.05, 0.1) is 17.6 Å². The molecular formula is C18H21N3O4S. The van der Waals surface area contributed by atoms with Gasteiger partial charge in [0, 0.05) is 17.3 Å². The number of ether oxygens (including phenoxy) is 1. The first kappa shape index (κ1) is 19.5. The highest BCUT2D eigenvalue weighted by molar-refractivity contribution is 7.18. The molecule has 0 saturated heterocycles. The highest BCUT2D eigenvalue weighted by Crippen LogP contribution is 2.34. The number of esters is 1. The summed E-state index contributed by atoms with van der Waals surface area (Å²) in [5, 5.41) is 5.73. The van der Waals surface area contributed by atoms with Gasteiger partial charge in [-0.25, -0.2) is 4.79 Å². The predicted molar refractivity (Wildman–Crippen MR) is 103 cm³/mol. The van der Waals surface area contributed by atoms with Gasteiger partial charge in [0.25, 0.3) is 5.91 Å². The standard InChI is InChI=1S/C18H21N3O4S/c1-9(2)15(22)21-17-13(18(24)25-4)10(3)14(26-17)16(23)20-12-7-5-6-11(19)8-12/h5-9H,19H2,1-4H3,(H,20,23)(H,21,22). The number of nitrogen functional groups attached to an aromatic ring is 1. The van der Waals surface area contributed by atoms with Crippen molar-refractivity contribution in [1.29, 1.82) is 0 Å². The topological polar surface area (TPSA) is 111 Å². The van der Waals surface area contributed by atoms with E-state index in [9.17, 15) is 14.4 Å². The molecule has 8 heteroatoms. The molecule has 0 aliphatic heterocycles. The van der Waals surface area contributed by atoms with Crippen LogP contribution in [-0.4, -0.2) is 24.9 Å². The van der Waals surface area contributed by atoms with E-state index in [0.29, 0.717) is 26.8 Å². The fourth-order valence-electron chi connectivity index (χ4n) is 2.23. The van der Waals surface area contributed by atoms with Gasteiger partial charge in [-0.1, -0.05) is 19.9 Å². The molecular weight excluding hydrogens is 354 g/mol. The van der Waals surface area contributed by atoms with Crippen molar-refractivity contribution in [2.45, 2.75) is 20.8 Å². The molecule has 4 N–H and O–H groups in total. The van der Waals surface area contributed by atoms with Crippen molar-refractivity contribution in [3.8, 4) is 0 Å². The summed E-state index contributed by atoms with van der Waals surface area (Å²) < 4.78 is 4.80. The maximum atomic E-state index is 12.6. The van der Waals surface area contributed by atoms with E-state index in [1.807, 2.05) is 0 Å². The lowest BCUT2D eigenvalue weighted by molar-refractivity contribution is -0.118. The molecule has 0 radical (unpaired) electrons. The van der Waals surface area contributed by atoms with Crippen LogP contribution in [0.3, 0.4) is 0 Å². The van der Waals surface area contributed by atoms with E-state index in [0.717, 1.165) is 11.3 Å². The number of amides is 2. The Morgan fingerprint density at radius 1 is 1.19 bits per heavy atom. The van der Waals surface area contributed by atoms with Crippen LogP contribution in [0.25, 0.3) is 0 Å². The number of anilines is 3. The maximum absolute atomic E-state index is 12.6. The van der Waals surface area contributed by atoms with E-state index >= 15 is 0 Å². The number of carbonyl (C=O) groups excluding carboxylic acids is 3. The Morgan fingerprint density at radius 3 is 2.46 bits per heavy atom. The fraction of sp³-hybridized carbons (Fsp3) is 0.278. The number of thiophene rings is 1. The summed E-state index contributed by atoms with van der Waals surface area (Å²) in [5.74, 6) is -1.53. The van der Waals surface area contributed by atoms with E-state index < -0.39 is 11.9 Å². The number of methoxy groups -OCH3 is 1. The second-order valence-electron chi connectivity index (χ2n) is 5.98. The first-order chi connectivity index (χ1) is 12.2. The van der Waals surface area contributed by atoms with Gasteiger partial charge in [-0.05, 0) is 30.7 Å². The number of nitrogens with one attached hydrogen (secondary N) is 2. The van der Waals surface area contributed by atoms with E-state index in [1.54, 1.807) is 45.0 Å². The van der Waals surface area contributed by atoms with Crippen molar-refractivity contribution in [2.75, 3.05) is 23.5 Å². The van der Waals surface area contributed by atoms with Gasteiger partial charge in [-0.2, -0.15) is 0 Å². The fourth-order valence-corrected chi connectivity index (χ4v) is 3.32. The van der Waals surface area contributed by atoms with Crippen molar-refractivity contribution in [3.63, 3.8) is 0 Å². The minimum Gasteiger partial charge on any atom is -0.465 e. The molecule has 0 saturated carbocycles. The average Bonchev–Trinajstić information content (AvgIpc) is 2.90. The lowest BCUT2D eigenvalue weighted by Gasteiger charge is -2.07. The largest absolute Gasteiger partial charge is 0.465 e. The van der Waals surface area contributed by atoms with Crippen LogP contribution in [0.2, 0.25) is 0 Å². The molecule has 2 amide bonds. The Labute approximate surface area is 155 Å². The average molecular weight is 375 g/mol. The number of rotatable bonds is 5. The maximum Gasteiger partial charge on any atom is 0.341 e. The molecule has 0 spiro atoms. The smallest absolute Gasteiger partial charge is 0.341 e. The van der Waals surface area contributed by atoms with Crippen molar-refractivity contribution < 1.29 is 19.1 Å². The number of benzene rings is 1. The SMILES string of the molecule is COC(=O)c1c(NC(=O)C(C)C)sc(C(=O)Nc2cccc(N)c2)c1C. The van der Waals surface area contributed by atoms with Crippen LogP contribution in [0.4, 0.5) is 16.4 Å². The number of carbonyl (C=O) groups is 3. The van der Waals surface area contributed by atoms with Gasteiger partial charge in [-0.3, -0.25) is 9.59 Å². The molecule has 26 heavy (non-hydrogen) atoms.